The molecule has 26 heavy (non-hydrogen) atoms. The fourth-order valence-electron chi connectivity index (χ4n) is 3.20. The number of aryl methyl sites for hydroxylation is 1. The SMILES string of the molecule is CCn1c(=NC(=O)c2cccc3ccccc23)sc2cccc(OC)c21. The van der Waals surface area contributed by atoms with E-state index >= 15 is 0 Å². The second-order valence-electron chi connectivity index (χ2n) is 5.88. The van der Waals surface area contributed by atoms with Gasteiger partial charge in [-0.1, -0.05) is 53.8 Å². The van der Waals surface area contributed by atoms with Crippen molar-refractivity contribution in [3.63, 3.8) is 0 Å². The molecule has 0 spiro atoms. The molecule has 0 bridgehead atoms. The molecule has 0 fully saturated rings. The van der Waals surface area contributed by atoms with E-state index in [0.717, 1.165) is 26.7 Å². The molecule has 5 heteroatoms. The van der Waals surface area contributed by atoms with Crippen LogP contribution in [0.3, 0.4) is 0 Å². The minimum Gasteiger partial charge on any atom is -0.495 e. The van der Waals surface area contributed by atoms with E-state index in [1.807, 2.05) is 72.2 Å². The molecule has 0 saturated carbocycles. The molecule has 0 radical (unpaired) electrons. The highest BCUT2D eigenvalue weighted by Gasteiger charge is 2.13. The third-order valence-electron chi connectivity index (χ3n) is 4.42. The summed E-state index contributed by atoms with van der Waals surface area (Å²) in [5.41, 5.74) is 1.60. The van der Waals surface area contributed by atoms with Gasteiger partial charge in [-0.15, -0.1) is 0 Å². The number of fused-ring (bicyclic) bond motifs is 2. The van der Waals surface area contributed by atoms with Crippen LogP contribution in [0.1, 0.15) is 17.3 Å². The van der Waals surface area contributed by atoms with Crippen molar-refractivity contribution in [1.29, 1.82) is 0 Å². The number of para-hydroxylation sites is 1. The van der Waals surface area contributed by atoms with Crippen molar-refractivity contribution in [3.8, 4) is 5.75 Å². The van der Waals surface area contributed by atoms with Crippen LogP contribution in [0.2, 0.25) is 0 Å². The lowest BCUT2D eigenvalue weighted by Crippen LogP contribution is -2.16. The van der Waals surface area contributed by atoms with Gasteiger partial charge in [0.15, 0.2) is 4.80 Å². The smallest absolute Gasteiger partial charge is 0.280 e. The number of ether oxygens (including phenoxy) is 1. The van der Waals surface area contributed by atoms with Gasteiger partial charge in [0.1, 0.15) is 11.3 Å². The number of thiazole rings is 1. The third-order valence-corrected chi connectivity index (χ3v) is 5.46. The first-order valence-corrected chi connectivity index (χ1v) is 9.27. The number of methoxy groups -OCH3 is 1. The molecule has 4 rings (SSSR count). The molecule has 130 valence electrons. The molecule has 0 saturated heterocycles. The Morgan fingerprint density at radius 3 is 2.65 bits per heavy atom. The molecule has 0 aliphatic rings. The van der Waals surface area contributed by atoms with E-state index in [9.17, 15) is 4.79 Å². The van der Waals surface area contributed by atoms with Crippen LogP contribution in [0.4, 0.5) is 0 Å². The van der Waals surface area contributed by atoms with E-state index in [2.05, 4.69) is 4.99 Å². The summed E-state index contributed by atoms with van der Waals surface area (Å²) in [6, 6.07) is 19.5. The molecule has 1 amide bonds. The van der Waals surface area contributed by atoms with E-state index in [0.29, 0.717) is 16.9 Å². The highest BCUT2D eigenvalue weighted by atomic mass is 32.1. The summed E-state index contributed by atoms with van der Waals surface area (Å²) in [6.45, 7) is 2.75. The Morgan fingerprint density at radius 2 is 1.85 bits per heavy atom. The van der Waals surface area contributed by atoms with Gasteiger partial charge >= 0.3 is 0 Å². The summed E-state index contributed by atoms with van der Waals surface area (Å²) < 4.78 is 8.57. The highest BCUT2D eigenvalue weighted by Crippen LogP contribution is 2.27. The summed E-state index contributed by atoms with van der Waals surface area (Å²) in [5, 5.41) is 1.96. The van der Waals surface area contributed by atoms with Crippen molar-refractivity contribution < 1.29 is 9.53 Å². The minimum absolute atomic E-state index is 0.227. The fourth-order valence-corrected chi connectivity index (χ4v) is 4.31. The molecular formula is C21H18N2O2S. The van der Waals surface area contributed by atoms with Gasteiger partial charge in [0, 0.05) is 12.1 Å². The summed E-state index contributed by atoms with van der Waals surface area (Å²) >= 11 is 1.50. The zero-order valence-electron chi connectivity index (χ0n) is 14.6. The van der Waals surface area contributed by atoms with Crippen LogP contribution in [0.5, 0.6) is 5.75 Å². The molecule has 1 heterocycles. The van der Waals surface area contributed by atoms with E-state index in [-0.39, 0.29) is 5.91 Å². The molecule has 0 N–H and O–H groups in total. The molecular weight excluding hydrogens is 344 g/mol. The van der Waals surface area contributed by atoms with E-state index in [1.165, 1.54) is 11.3 Å². The van der Waals surface area contributed by atoms with Crippen LogP contribution < -0.4 is 9.54 Å². The monoisotopic (exact) mass is 362 g/mol. The molecule has 0 atom stereocenters. The molecule has 4 nitrogen and oxygen atoms in total. The molecule has 0 aliphatic heterocycles. The zero-order chi connectivity index (χ0) is 18.1. The van der Waals surface area contributed by atoms with E-state index < -0.39 is 0 Å². The van der Waals surface area contributed by atoms with Crippen LogP contribution in [-0.4, -0.2) is 17.6 Å². The standard InChI is InChI=1S/C21H18N2O2S/c1-3-23-19-17(25-2)12-7-13-18(19)26-21(23)22-20(24)16-11-6-9-14-8-4-5-10-15(14)16/h4-13H,3H2,1-2H3. The maximum absolute atomic E-state index is 12.9. The zero-order valence-corrected chi connectivity index (χ0v) is 15.4. The average molecular weight is 362 g/mol. The second kappa shape index (κ2) is 6.77. The van der Waals surface area contributed by atoms with Crippen LogP contribution in [0.15, 0.2) is 65.7 Å². The molecule has 3 aromatic carbocycles. The Hall–Kier alpha value is -2.92. The van der Waals surface area contributed by atoms with Gasteiger partial charge in [-0.05, 0) is 35.9 Å². The maximum Gasteiger partial charge on any atom is 0.280 e. The minimum atomic E-state index is -0.227. The van der Waals surface area contributed by atoms with Crippen molar-refractivity contribution in [1.82, 2.24) is 4.57 Å². The van der Waals surface area contributed by atoms with Gasteiger partial charge in [0.05, 0.1) is 11.8 Å². The van der Waals surface area contributed by atoms with Crippen molar-refractivity contribution >= 4 is 38.2 Å². The van der Waals surface area contributed by atoms with Crippen LogP contribution in [0, 0.1) is 0 Å². The Bertz CT molecular complexity index is 1180. The predicted molar refractivity (Wildman–Crippen MR) is 106 cm³/mol. The quantitative estimate of drug-likeness (QED) is 0.533. The van der Waals surface area contributed by atoms with Gasteiger partial charge < -0.3 is 9.30 Å². The van der Waals surface area contributed by atoms with E-state index in [4.69, 9.17) is 4.74 Å². The molecule has 1 aromatic heterocycles. The number of rotatable bonds is 3. The van der Waals surface area contributed by atoms with Crippen LogP contribution in [-0.2, 0) is 6.54 Å². The fraction of sp³-hybridized carbons (Fsp3) is 0.143. The summed E-state index contributed by atoms with van der Waals surface area (Å²) in [6.07, 6.45) is 0. The average Bonchev–Trinajstić information content (AvgIpc) is 3.04. The number of hydrogen-bond acceptors (Lipinski definition) is 3. The highest BCUT2D eigenvalue weighted by molar-refractivity contribution is 7.16. The number of carbonyl (C=O) groups is 1. The first kappa shape index (κ1) is 16.5. The third kappa shape index (κ3) is 2.70. The predicted octanol–water partition coefficient (Wildman–Crippen LogP) is 4.63. The van der Waals surface area contributed by atoms with Crippen LogP contribution in [0.25, 0.3) is 21.0 Å². The lowest BCUT2D eigenvalue weighted by molar-refractivity contribution is 0.0999. The molecule has 0 aliphatic carbocycles. The van der Waals surface area contributed by atoms with E-state index in [1.54, 1.807) is 7.11 Å². The Kier molecular flexibility index (Phi) is 4.31. The van der Waals surface area contributed by atoms with Crippen molar-refractivity contribution in [3.05, 3.63) is 71.0 Å². The van der Waals surface area contributed by atoms with Crippen LogP contribution >= 0.6 is 11.3 Å². The Morgan fingerprint density at radius 1 is 1.08 bits per heavy atom. The van der Waals surface area contributed by atoms with Gasteiger partial charge in [0.2, 0.25) is 0 Å². The summed E-state index contributed by atoms with van der Waals surface area (Å²) in [5.74, 6) is 0.564. The topological polar surface area (TPSA) is 43.6 Å². The largest absolute Gasteiger partial charge is 0.495 e. The van der Waals surface area contributed by atoms with Gasteiger partial charge in [0.25, 0.3) is 5.91 Å². The number of hydrogen-bond donors (Lipinski definition) is 0. The first-order valence-electron chi connectivity index (χ1n) is 8.46. The number of nitrogens with zero attached hydrogens (tertiary/aromatic N) is 2. The second-order valence-corrected chi connectivity index (χ2v) is 6.89. The van der Waals surface area contributed by atoms with Gasteiger partial charge in [-0.25, -0.2) is 0 Å². The summed E-state index contributed by atoms with van der Waals surface area (Å²) in [7, 11) is 1.66. The van der Waals surface area contributed by atoms with Crippen molar-refractivity contribution in [2.75, 3.05) is 7.11 Å². The van der Waals surface area contributed by atoms with Crippen molar-refractivity contribution in [2.24, 2.45) is 4.99 Å². The molecule has 4 aromatic rings. The lowest BCUT2D eigenvalue weighted by atomic mass is 10.0. The van der Waals surface area contributed by atoms with Gasteiger partial charge in [-0.3, -0.25) is 4.79 Å². The lowest BCUT2D eigenvalue weighted by Gasteiger charge is -2.06. The number of amides is 1. The Balaban J connectivity index is 1.92. The summed E-state index contributed by atoms with van der Waals surface area (Å²) in [4.78, 5) is 18.1. The number of carbonyl (C=O) groups excluding carboxylic acids is 1. The van der Waals surface area contributed by atoms with Gasteiger partial charge in [-0.2, -0.15) is 4.99 Å². The first-order chi connectivity index (χ1) is 12.7. The molecule has 0 unspecified atom stereocenters. The Labute approximate surface area is 155 Å². The number of aromatic nitrogens is 1. The maximum atomic E-state index is 12.9. The number of benzene rings is 3. The normalized spacial score (nSPS) is 12.0. The van der Waals surface area contributed by atoms with Crippen molar-refractivity contribution in [2.45, 2.75) is 13.5 Å².